The van der Waals surface area contributed by atoms with E-state index in [1.165, 1.54) is 11.1 Å². The van der Waals surface area contributed by atoms with E-state index in [1.807, 2.05) is 24.7 Å². The van der Waals surface area contributed by atoms with Crippen molar-refractivity contribution in [3.8, 4) is 5.75 Å². The number of guanidine groups is 1. The van der Waals surface area contributed by atoms with Crippen LogP contribution in [0.3, 0.4) is 0 Å². The Labute approximate surface area is 179 Å². The zero-order valence-corrected chi connectivity index (χ0v) is 19.7. The number of nitrogens with zero attached hydrogens (tertiary/aromatic N) is 3. The minimum Gasteiger partial charge on any atom is -0.496 e. The van der Waals surface area contributed by atoms with Crippen molar-refractivity contribution in [2.45, 2.75) is 47.2 Å². The average molecular weight is 485 g/mol. The lowest BCUT2D eigenvalue weighted by Gasteiger charge is -2.20. The van der Waals surface area contributed by atoms with E-state index in [0.717, 1.165) is 35.2 Å². The summed E-state index contributed by atoms with van der Waals surface area (Å²) in [7, 11) is 3.67. The van der Waals surface area contributed by atoms with Gasteiger partial charge >= 0.3 is 0 Å². The summed E-state index contributed by atoms with van der Waals surface area (Å²) < 4.78 is 7.42. The molecular weight excluding hydrogens is 453 g/mol. The molecule has 2 aromatic rings. The minimum atomic E-state index is 0. The molecule has 0 aliphatic heterocycles. The molecule has 0 saturated heterocycles. The molecule has 1 atom stereocenters. The van der Waals surface area contributed by atoms with E-state index in [0.29, 0.717) is 6.54 Å². The SMILES string of the molecule is CCNC(=NCc1c(C)nn(C)c1C)NC(C)c1cc(C)ccc1OC.I. The van der Waals surface area contributed by atoms with Crippen LogP contribution in [0.25, 0.3) is 0 Å². The Kier molecular flexibility index (Phi) is 9.08. The van der Waals surface area contributed by atoms with Gasteiger partial charge in [-0.15, -0.1) is 24.0 Å². The molecule has 1 aromatic heterocycles. The number of nitrogens with one attached hydrogen (secondary N) is 2. The molecule has 7 heteroatoms. The van der Waals surface area contributed by atoms with E-state index < -0.39 is 0 Å². The Bertz CT molecular complexity index is 785. The first-order valence-corrected chi connectivity index (χ1v) is 9.05. The topological polar surface area (TPSA) is 63.5 Å². The van der Waals surface area contributed by atoms with Gasteiger partial charge in [0, 0.05) is 30.4 Å². The van der Waals surface area contributed by atoms with E-state index in [4.69, 9.17) is 9.73 Å². The number of methoxy groups -OCH3 is 1. The highest BCUT2D eigenvalue weighted by atomic mass is 127. The number of aryl methyl sites for hydroxylation is 3. The Balaban J connectivity index is 0.00000364. The lowest BCUT2D eigenvalue weighted by molar-refractivity contribution is 0.405. The number of hydrogen-bond donors (Lipinski definition) is 2. The van der Waals surface area contributed by atoms with Crippen molar-refractivity contribution in [1.82, 2.24) is 20.4 Å². The van der Waals surface area contributed by atoms with Crippen LogP contribution in [0.15, 0.2) is 23.2 Å². The van der Waals surface area contributed by atoms with Crippen molar-refractivity contribution in [3.05, 3.63) is 46.3 Å². The molecule has 0 amide bonds. The first-order valence-electron chi connectivity index (χ1n) is 9.05. The molecule has 1 unspecified atom stereocenters. The summed E-state index contributed by atoms with van der Waals surface area (Å²) in [4.78, 5) is 4.76. The summed E-state index contributed by atoms with van der Waals surface area (Å²) in [6.45, 7) is 11.8. The first kappa shape index (κ1) is 23.3. The highest BCUT2D eigenvalue weighted by molar-refractivity contribution is 14.0. The maximum atomic E-state index is 5.52. The summed E-state index contributed by atoms with van der Waals surface area (Å²) in [5.74, 6) is 1.66. The van der Waals surface area contributed by atoms with Crippen LogP contribution in [0.1, 0.15) is 48.0 Å². The third kappa shape index (κ3) is 5.85. The molecule has 1 aromatic carbocycles. The molecule has 6 nitrogen and oxygen atoms in total. The second-order valence-electron chi connectivity index (χ2n) is 6.58. The standard InChI is InChI=1S/C20H31N5O.HI/c1-8-21-20(22-12-18-15(4)24-25(6)16(18)5)23-14(3)17-11-13(2)9-10-19(17)26-7;/h9-11,14H,8,12H2,1-7H3,(H2,21,22,23);1H. The van der Waals surface area contributed by atoms with E-state index in [9.17, 15) is 0 Å². The van der Waals surface area contributed by atoms with Gasteiger partial charge in [-0.05, 0) is 40.7 Å². The molecule has 0 radical (unpaired) electrons. The third-order valence-corrected chi connectivity index (χ3v) is 4.60. The summed E-state index contributed by atoms with van der Waals surface area (Å²) in [6, 6.07) is 6.28. The Hall–Kier alpha value is -1.77. The van der Waals surface area contributed by atoms with Crippen molar-refractivity contribution in [2.24, 2.45) is 12.0 Å². The van der Waals surface area contributed by atoms with Gasteiger partial charge < -0.3 is 15.4 Å². The Morgan fingerprint density at radius 2 is 2.00 bits per heavy atom. The first-order chi connectivity index (χ1) is 12.4. The smallest absolute Gasteiger partial charge is 0.192 e. The number of ether oxygens (including phenoxy) is 1. The monoisotopic (exact) mass is 485 g/mol. The maximum Gasteiger partial charge on any atom is 0.192 e. The maximum absolute atomic E-state index is 5.52. The number of aromatic nitrogens is 2. The van der Waals surface area contributed by atoms with Gasteiger partial charge in [0.1, 0.15) is 5.75 Å². The van der Waals surface area contributed by atoms with Crippen molar-refractivity contribution in [2.75, 3.05) is 13.7 Å². The predicted molar refractivity (Wildman–Crippen MR) is 122 cm³/mol. The van der Waals surface area contributed by atoms with Crippen LogP contribution in [-0.4, -0.2) is 29.4 Å². The number of hydrogen-bond acceptors (Lipinski definition) is 3. The van der Waals surface area contributed by atoms with Crippen LogP contribution in [-0.2, 0) is 13.6 Å². The summed E-state index contributed by atoms with van der Waals surface area (Å²) in [5, 5.41) is 11.3. The van der Waals surface area contributed by atoms with Crippen LogP contribution in [0.2, 0.25) is 0 Å². The second-order valence-corrected chi connectivity index (χ2v) is 6.58. The van der Waals surface area contributed by atoms with E-state index in [-0.39, 0.29) is 30.0 Å². The highest BCUT2D eigenvalue weighted by Gasteiger charge is 2.14. The molecule has 0 aliphatic carbocycles. The molecular formula is C20H32IN5O. The van der Waals surface area contributed by atoms with Crippen LogP contribution >= 0.6 is 24.0 Å². The molecule has 0 fully saturated rings. The summed E-state index contributed by atoms with van der Waals surface area (Å²) >= 11 is 0. The van der Waals surface area contributed by atoms with Gasteiger partial charge in [0.25, 0.3) is 0 Å². The molecule has 0 spiro atoms. The molecule has 0 saturated carbocycles. The van der Waals surface area contributed by atoms with Crippen molar-refractivity contribution < 1.29 is 4.74 Å². The minimum absolute atomic E-state index is 0. The van der Waals surface area contributed by atoms with Gasteiger partial charge in [-0.25, -0.2) is 4.99 Å². The molecule has 2 N–H and O–H groups in total. The van der Waals surface area contributed by atoms with E-state index in [2.05, 4.69) is 55.6 Å². The van der Waals surface area contributed by atoms with Gasteiger partial charge in [0.05, 0.1) is 25.4 Å². The normalized spacial score (nSPS) is 12.3. The Morgan fingerprint density at radius 3 is 2.56 bits per heavy atom. The highest BCUT2D eigenvalue weighted by Crippen LogP contribution is 2.26. The van der Waals surface area contributed by atoms with Crippen LogP contribution in [0.4, 0.5) is 0 Å². The van der Waals surface area contributed by atoms with Crippen LogP contribution in [0.5, 0.6) is 5.75 Å². The Morgan fingerprint density at radius 1 is 1.30 bits per heavy atom. The number of halogens is 1. The third-order valence-electron chi connectivity index (χ3n) is 4.60. The summed E-state index contributed by atoms with van der Waals surface area (Å²) in [5.41, 5.74) is 5.67. The average Bonchev–Trinajstić information content (AvgIpc) is 2.85. The second kappa shape index (κ2) is 10.5. The van der Waals surface area contributed by atoms with Crippen LogP contribution < -0.4 is 15.4 Å². The van der Waals surface area contributed by atoms with Crippen LogP contribution in [0, 0.1) is 20.8 Å². The van der Waals surface area contributed by atoms with Gasteiger partial charge in [-0.2, -0.15) is 5.10 Å². The lowest BCUT2D eigenvalue weighted by Crippen LogP contribution is -2.38. The fraction of sp³-hybridized carbons (Fsp3) is 0.500. The van der Waals surface area contributed by atoms with Gasteiger partial charge in [-0.3, -0.25) is 4.68 Å². The quantitative estimate of drug-likeness (QED) is 0.372. The fourth-order valence-corrected chi connectivity index (χ4v) is 3.00. The molecule has 1 heterocycles. The molecule has 150 valence electrons. The largest absolute Gasteiger partial charge is 0.496 e. The van der Waals surface area contributed by atoms with Gasteiger partial charge in [0.2, 0.25) is 0 Å². The fourth-order valence-electron chi connectivity index (χ4n) is 3.00. The summed E-state index contributed by atoms with van der Waals surface area (Å²) in [6.07, 6.45) is 0. The number of benzene rings is 1. The van der Waals surface area contributed by atoms with Gasteiger partial charge in [0.15, 0.2) is 5.96 Å². The van der Waals surface area contributed by atoms with E-state index >= 15 is 0 Å². The molecule has 0 aliphatic rings. The molecule has 0 bridgehead atoms. The molecule has 2 rings (SSSR count). The molecule has 27 heavy (non-hydrogen) atoms. The van der Waals surface area contributed by atoms with Crippen molar-refractivity contribution in [3.63, 3.8) is 0 Å². The lowest BCUT2D eigenvalue weighted by atomic mass is 10.0. The van der Waals surface area contributed by atoms with Crippen molar-refractivity contribution in [1.29, 1.82) is 0 Å². The van der Waals surface area contributed by atoms with Crippen molar-refractivity contribution >= 4 is 29.9 Å². The van der Waals surface area contributed by atoms with Gasteiger partial charge in [-0.1, -0.05) is 17.7 Å². The number of aliphatic imine (C=N–C) groups is 1. The zero-order valence-electron chi connectivity index (χ0n) is 17.4. The zero-order chi connectivity index (χ0) is 19.3. The van der Waals surface area contributed by atoms with E-state index in [1.54, 1.807) is 7.11 Å². The number of rotatable bonds is 6. The predicted octanol–water partition coefficient (Wildman–Crippen LogP) is 3.79.